The zero-order valence-corrected chi connectivity index (χ0v) is 17.1. The smallest absolute Gasteiger partial charge is 0.270 e. The Balaban J connectivity index is 1.62. The van der Waals surface area contributed by atoms with Gasteiger partial charge in [0.25, 0.3) is 5.69 Å². The molecule has 4 rings (SSSR count). The Labute approximate surface area is 177 Å². The lowest BCUT2D eigenvalue weighted by Crippen LogP contribution is -1.94. The number of aromatic amines is 1. The van der Waals surface area contributed by atoms with E-state index in [2.05, 4.69) is 31.2 Å². The van der Waals surface area contributed by atoms with Crippen molar-refractivity contribution >= 4 is 40.0 Å². The lowest BCUT2D eigenvalue weighted by atomic mass is 10.1. The van der Waals surface area contributed by atoms with Gasteiger partial charge in [-0.05, 0) is 36.5 Å². The summed E-state index contributed by atoms with van der Waals surface area (Å²) >= 11 is 8.66. The first-order valence-corrected chi connectivity index (χ1v) is 9.54. The van der Waals surface area contributed by atoms with Crippen LogP contribution in [0.3, 0.4) is 0 Å². The highest BCUT2D eigenvalue weighted by molar-refractivity contribution is 9.10. The molecule has 8 nitrogen and oxygen atoms in total. The monoisotopic (exact) mass is 469 g/mol. The number of H-pyrrole nitrogens is 1. The van der Waals surface area contributed by atoms with Crippen LogP contribution in [-0.2, 0) is 0 Å². The van der Waals surface area contributed by atoms with Gasteiger partial charge in [0.05, 0.1) is 11.1 Å². The molecule has 0 bridgehead atoms. The van der Waals surface area contributed by atoms with Crippen molar-refractivity contribution < 1.29 is 9.34 Å². The third-order valence-electron chi connectivity index (χ3n) is 4.02. The van der Waals surface area contributed by atoms with E-state index in [1.807, 2.05) is 24.3 Å². The Morgan fingerprint density at radius 1 is 1.17 bits per heavy atom. The van der Waals surface area contributed by atoms with Gasteiger partial charge in [-0.1, -0.05) is 40.2 Å². The number of hydrogen-bond acceptors (Lipinski definition) is 6. The number of rotatable bonds is 5. The highest BCUT2D eigenvalue weighted by Crippen LogP contribution is 2.25. The van der Waals surface area contributed by atoms with Gasteiger partial charge < -0.3 is 4.42 Å². The predicted octanol–water partition coefficient (Wildman–Crippen LogP) is 5.42. The topological polar surface area (TPSA) is 102 Å². The molecular formula is C19H12BrN5O3S. The van der Waals surface area contributed by atoms with E-state index < -0.39 is 4.92 Å². The minimum Gasteiger partial charge on any atom is -0.455 e. The van der Waals surface area contributed by atoms with Gasteiger partial charge in [-0.15, -0.1) is 0 Å². The first-order valence-electron chi connectivity index (χ1n) is 8.33. The Bertz CT molecular complexity index is 1270. The normalized spacial score (nSPS) is 11.2. The molecule has 2 aromatic heterocycles. The van der Waals surface area contributed by atoms with Gasteiger partial charge in [-0.2, -0.15) is 14.9 Å². The minimum absolute atomic E-state index is 0.00189. The number of furan rings is 1. The summed E-state index contributed by atoms with van der Waals surface area (Å²) in [6.45, 7) is 0. The molecule has 0 fully saturated rings. The van der Waals surface area contributed by atoms with Crippen molar-refractivity contribution in [2.24, 2.45) is 5.10 Å². The third-order valence-corrected chi connectivity index (χ3v) is 4.81. The molecule has 0 radical (unpaired) electrons. The van der Waals surface area contributed by atoms with Gasteiger partial charge in [-0.3, -0.25) is 10.1 Å². The van der Waals surface area contributed by atoms with Crippen LogP contribution in [0.15, 0.2) is 74.7 Å². The summed E-state index contributed by atoms with van der Waals surface area (Å²) in [5.74, 6) is 1.53. The number of nitro benzene ring substituents is 1. The van der Waals surface area contributed by atoms with Crippen LogP contribution in [0.25, 0.3) is 22.7 Å². The van der Waals surface area contributed by atoms with Crippen LogP contribution in [0.5, 0.6) is 0 Å². The fraction of sp³-hybridized carbons (Fsp3) is 0. The Kier molecular flexibility index (Phi) is 5.19. The summed E-state index contributed by atoms with van der Waals surface area (Å²) in [6.07, 6.45) is 1.51. The van der Waals surface area contributed by atoms with Crippen LogP contribution in [0.1, 0.15) is 5.76 Å². The number of nitro groups is 1. The van der Waals surface area contributed by atoms with Gasteiger partial charge in [0.1, 0.15) is 11.5 Å². The molecule has 0 amide bonds. The fourth-order valence-corrected chi connectivity index (χ4v) is 3.09. The number of nitrogens with zero attached hydrogens (tertiary/aromatic N) is 4. The van der Waals surface area contributed by atoms with Crippen molar-refractivity contribution in [1.29, 1.82) is 0 Å². The maximum Gasteiger partial charge on any atom is 0.270 e. The van der Waals surface area contributed by atoms with Gasteiger partial charge in [0.15, 0.2) is 5.82 Å². The molecule has 1 N–H and O–H groups in total. The van der Waals surface area contributed by atoms with Gasteiger partial charge in [-0.25, -0.2) is 5.10 Å². The SMILES string of the molecule is O=[N+]([O-])c1cccc(-c2ccc(C=Nn3c(-c4ccc(Br)cc4)n[nH]c3=S)o2)c1. The molecule has 0 aliphatic carbocycles. The average Bonchev–Trinajstić information content (AvgIpc) is 3.34. The van der Waals surface area contributed by atoms with Crippen LogP contribution in [0.4, 0.5) is 5.69 Å². The van der Waals surface area contributed by atoms with Crippen molar-refractivity contribution in [2.45, 2.75) is 0 Å². The summed E-state index contributed by atoms with van der Waals surface area (Å²) in [4.78, 5) is 10.5. The lowest BCUT2D eigenvalue weighted by Gasteiger charge is -2.00. The first-order chi connectivity index (χ1) is 14.0. The molecule has 0 saturated carbocycles. The highest BCUT2D eigenvalue weighted by Gasteiger charge is 2.11. The van der Waals surface area contributed by atoms with E-state index >= 15 is 0 Å². The number of benzene rings is 2. The number of halogens is 1. The summed E-state index contributed by atoms with van der Waals surface area (Å²) in [5.41, 5.74) is 1.45. The third kappa shape index (κ3) is 4.08. The molecule has 0 aliphatic rings. The van der Waals surface area contributed by atoms with Crippen molar-refractivity contribution in [3.8, 4) is 22.7 Å². The van der Waals surface area contributed by atoms with Crippen molar-refractivity contribution in [2.75, 3.05) is 0 Å². The second-order valence-electron chi connectivity index (χ2n) is 5.93. The maximum absolute atomic E-state index is 11.0. The van der Waals surface area contributed by atoms with Crippen LogP contribution < -0.4 is 0 Å². The van der Waals surface area contributed by atoms with E-state index in [1.165, 1.54) is 23.0 Å². The molecule has 2 aromatic carbocycles. The molecule has 4 aromatic rings. The zero-order chi connectivity index (χ0) is 20.4. The predicted molar refractivity (Wildman–Crippen MR) is 114 cm³/mol. The average molecular weight is 470 g/mol. The van der Waals surface area contributed by atoms with Crippen molar-refractivity contribution in [1.82, 2.24) is 14.9 Å². The van der Waals surface area contributed by atoms with Crippen LogP contribution in [0.2, 0.25) is 0 Å². The van der Waals surface area contributed by atoms with Crippen LogP contribution in [-0.4, -0.2) is 26.0 Å². The number of aromatic nitrogens is 3. The lowest BCUT2D eigenvalue weighted by molar-refractivity contribution is -0.384. The molecule has 0 spiro atoms. The molecule has 144 valence electrons. The van der Waals surface area contributed by atoms with E-state index in [0.29, 0.717) is 27.7 Å². The molecule has 0 saturated heterocycles. The van der Waals surface area contributed by atoms with E-state index in [9.17, 15) is 10.1 Å². The Morgan fingerprint density at radius 3 is 2.72 bits per heavy atom. The van der Waals surface area contributed by atoms with E-state index in [0.717, 1.165) is 10.0 Å². The zero-order valence-electron chi connectivity index (χ0n) is 14.7. The molecule has 10 heteroatoms. The summed E-state index contributed by atoms with van der Waals surface area (Å²) in [5, 5.41) is 22.3. The Morgan fingerprint density at radius 2 is 1.97 bits per heavy atom. The minimum atomic E-state index is -0.445. The quantitative estimate of drug-likeness (QED) is 0.182. The van der Waals surface area contributed by atoms with Crippen LogP contribution in [0, 0.1) is 14.9 Å². The van der Waals surface area contributed by atoms with Crippen LogP contribution >= 0.6 is 28.1 Å². The molecule has 2 heterocycles. The second-order valence-corrected chi connectivity index (χ2v) is 7.23. The van der Waals surface area contributed by atoms with E-state index in [4.69, 9.17) is 16.6 Å². The maximum atomic E-state index is 11.0. The van der Waals surface area contributed by atoms with Gasteiger partial charge in [0.2, 0.25) is 4.77 Å². The standard InChI is InChI=1S/C19H12BrN5O3S/c20-14-6-4-12(5-7-14)18-22-23-19(29)24(18)21-11-16-8-9-17(28-16)13-2-1-3-15(10-13)25(26)27/h1-11H,(H,23,29). The second kappa shape index (κ2) is 7.94. The molecule has 29 heavy (non-hydrogen) atoms. The number of hydrogen-bond donors (Lipinski definition) is 1. The Hall–Kier alpha value is -3.37. The van der Waals surface area contributed by atoms with Gasteiger partial charge in [0, 0.05) is 27.7 Å². The van der Waals surface area contributed by atoms with Crippen molar-refractivity contribution in [3.05, 3.63) is 85.8 Å². The molecule has 0 atom stereocenters. The molecular weight excluding hydrogens is 458 g/mol. The summed E-state index contributed by atoms with van der Waals surface area (Å²) in [7, 11) is 0. The largest absolute Gasteiger partial charge is 0.455 e. The van der Waals surface area contributed by atoms with Crippen molar-refractivity contribution in [3.63, 3.8) is 0 Å². The fourth-order valence-electron chi connectivity index (χ4n) is 2.65. The molecule has 0 aliphatic heterocycles. The number of nitrogens with one attached hydrogen (secondary N) is 1. The van der Waals surface area contributed by atoms with E-state index in [-0.39, 0.29) is 5.69 Å². The van der Waals surface area contributed by atoms with E-state index in [1.54, 1.807) is 24.3 Å². The molecule has 0 unspecified atom stereocenters. The first kappa shape index (κ1) is 19.0. The summed E-state index contributed by atoms with van der Waals surface area (Å²) in [6, 6.07) is 17.3. The summed E-state index contributed by atoms with van der Waals surface area (Å²) < 4.78 is 8.53. The highest BCUT2D eigenvalue weighted by atomic mass is 79.9. The number of non-ortho nitro benzene ring substituents is 1. The van der Waals surface area contributed by atoms with Gasteiger partial charge >= 0.3 is 0 Å².